The van der Waals surface area contributed by atoms with Crippen molar-refractivity contribution in [3.63, 3.8) is 0 Å². The summed E-state index contributed by atoms with van der Waals surface area (Å²) in [5.41, 5.74) is 1.35. The number of hydrogen-bond donors (Lipinski definition) is 1. The van der Waals surface area contributed by atoms with Gasteiger partial charge in [-0.05, 0) is 55.5 Å². The van der Waals surface area contributed by atoms with Gasteiger partial charge in [0.05, 0.1) is 17.1 Å². The lowest BCUT2D eigenvalue weighted by molar-refractivity contribution is -0.119. The summed E-state index contributed by atoms with van der Waals surface area (Å²) in [7, 11) is -3.93. The van der Waals surface area contributed by atoms with E-state index in [0.717, 1.165) is 14.3 Å². The van der Waals surface area contributed by atoms with Crippen molar-refractivity contribution >= 4 is 37.5 Å². The fourth-order valence-electron chi connectivity index (χ4n) is 2.82. The monoisotopic (exact) mass is 502 g/mol. The lowest BCUT2D eigenvalue weighted by atomic mass is 10.2. The van der Waals surface area contributed by atoms with E-state index in [2.05, 4.69) is 21.2 Å². The van der Waals surface area contributed by atoms with Crippen LogP contribution in [-0.2, 0) is 14.8 Å². The second-order valence-electron chi connectivity index (χ2n) is 6.81. The largest absolute Gasteiger partial charge is 0.492 e. The van der Waals surface area contributed by atoms with Crippen LogP contribution in [0.5, 0.6) is 5.75 Å². The van der Waals surface area contributed by atoms with Gasteiger partial charge in [0.25, 0.3) is 10.0 Å². The van der Waals surface area contributed by atoms with Crippen LogP contribution in [0.1, 0.15) is 5.56 Å². The fraction of sp³-hybridized carbons (Fsp3) is 0.174. The average Bonchev–Trinajstić information content (AvgIpc) is 2.77. The maximum Gasteiger partial charge on any atom is 0.264 e. The van der Waals surface area contributed by atoms with Crippen molar-refractivity contribution in [2.45, 2.75) is 11.8 Å². The van der Waals surface area contributed by atoms with E-state index in [1.807, 2.05) is 37.3 Å². The summed E-state index contributed by atoms with van der Waals surface area (Å²) in [4.78, 5) is 12.7. The van der Waals surface area contributed by atoms with Crippen LogP contribution in [0.15, 0.2) is 88.2 Å². The van der Waals surface area contributed by atoms with Crippen LogP contribution in [0, 0.1) is 6.92 Å². The highest BCUT2D eigenvalue weighted by Gasteiger charge is 2.27. The molecule has 0 spiro atoms. The molecule has 8 heteroatoms. The molecule has 6 nitrogen and oxygen atoms in total. The highest BCUT2D eigenvalue weighted by atomic mass is 79.9. The number of carbonyl (C=O) groups is 1. The van der Waals surface area contributed by atoms with Crippen molar-refractivity contribution in [3.8, 4) is 5.75 Å². The number of anilines is 1. The number of sulfonamides is 1. The number of benzene rings is 3. The van der Waals surface area contributed by atoms with Gasteiger partial charge < -0.3 is 10.1 Å². The molecule has 0 atom stereocenters. The Hall–Kier alpha value is -2.84. The molecule has 0 saturated carbocycles. The third kappa shape index (κ3) is 6.32. The Bertz CT molecular complexity index is 1100. The number of hydrogen-bond acceptors (Lipinski definition) is 4. The molecule has 0 bridgehead atoms. The zero-order valence-electron chi connectivity index (χ0n) is 17.0. The number of nitrogens with zero attached hydrogens (tertiary/aromatic N) is 1. The molecule has 31 heavy (non-hydrogen) atoms. The van der Waals surface area contributed by atoms with Gasteiger partial charge in [0, 0.05) is 4.47 Å². The molecule has 0 aromatic heterocycles. The number of para-hydroxylation sites is 1. The average molecular weight is 503 g/mol. The number of ether oxygens (including phenoxy) is 1. The molecule has 3 aromatic carbocycles. The summed E-state index contributed by atoms with van der Waals surface area (Å²) >= 11 is 3.35. The number of amides is 1. The molecule has 3 aromatic rings. The van der Waals surface area contributed by atoms with E-state index in [9.17, 15) is 13.2 Å². The van der Waals surface area contributed by atoms with E-state index in [1.165, 1.54) is 0 Å². The summed E-state index contributed by atoms with van der Waals surface area (Å²) in [5, 5.41) is 2.72. The lowest BCUT2D eigenvalue weighted by Crippen LogP contribution is -2.41. The minimum atomic E-state index is -3.93. The fourth-order valence-corrected chi connectivity index (χ4v) is 4.51. The maximum atomic E-state index is 13.3. The van der Waals surface area contributed by atoms with Gasteiger partial charge in [-0.3, -0.25) is 9.10 Å². The Morgan fingerprint density at radius 1 is 0.968 bits per heavy atom. The summed E-state index contributed by atoms with van der Waals surface area (Å²) < 4.78 is 34.1. The van der Waals surface area contributed by atoms with Gasteiger partial charge >= 0.3 is 0 Å². The highest BCUT2D eigenvalue weighted by molar-refractivity contribution is 9.10. The first-order valence-corrected chi connectivity index (χ1v) is 11.9. The Morgan fingerprint density at radius 3 is 2.26 bits per heavy atom. The Balaban J connectivity index is 1.71. The highest BCUT2D eigenvalue weighted by Crippen LogP contribution is 2.25. The van der Waals surface area contributed by atoms with Crippen LogP contribution in [-0.4, -0.2) is 34.0 Å². The molecule has 0 saturated heterocycles. The minimum Gasteiger partial charge on any atom is -0.492 e. The molecule has 0 aliphatic carbocycles. The number of aryl methyl sites for hydroxylation is 1. The zero-order valence-corrected chi connectivity index (χ0v) is 19.4. The van der Waals surface area contributed by atoms with Gasteiger partial charge in [-0.2, -0.15) is 0 Å². The molecular weight excluding hydrogens is 480 g/mol. The van der Waals surface area contributed by atoms with Crippen molar-refractivity contribution in [2.24, 2.45) is 0 Å². The Kier molecular flexibility index (Phi) is 7.70. The van der Waals surface area contributed by atoms with Gasteiger partial charge in [-0.1, -0.05) is 51.8 Å². The third-order valence-corrected chi connectivity index (χ3v) is 6.76. The van der Waals surface area contributed by atoms with E-state index >= 15 is 0 Å². The second kappa shape index (κ2) is 10.5. The molecule has 3 rings (SSSR count). The molecule has 0 radical (unpaired) electrons. The van der Waals surface area contributed by atoms with E-state index in [-0.39, 0.29) is 24.6 Å². The first kappa shape index (κ1) is 22.8. The van der Waals surface area contributed by atoms with E-state index < -0.39 is 15.9 Å². The SMILES string of the molecule is Cc1ccc(S(=O)(=O)N(CC(=O)NCCOc2ccccc2)c2ccc(Br)cc2)cc1. The maximum absolute atomic E-state index is 13.3. The van der Waals surface area contributed by atoms with Gasteiger partial charge in [0.15, 0.2) is 0 Å². The minimum absolute atomic E-state index is 0.126. The number of nitrogens with one attached hydrogen (secondary N) is 1. The Morgan fingerprint density at radius 2 is 1.61 bits per heavy atom. The number of rotatable bonds is 9. The summed E-state index contributed by atoms with van der Waals surface area (Å²) in [6.45, 7) is 2.07. The van der Waals surface area contributed by atoms with Crippen LogP contribution >= 0.6 is 15.9 Å². The Labute approximate surface area is 191 Å². The quantitative estimate of drug-likeness (QED) is 0.446. The van der Waals surface area contributed by atoms with Crippen molar-refractivity contribution in [3.05, 3.63) is 88.9 Å². The second-order valence-corrected chi connectivity index (χ2v) is 9.59. The van der Waals surface area contributed by atoms with Crippen molar-refractivity contribution in [2.75, 3.05) is 24.0 Å². The van der Waals surface area contributed by atoms with Crippen molar-refractivity contribution in [1.29, 1.82) is 0 Å². The first-order chi connectivity index (χ1) is 14.9. The predicted molar refractivity (Wildman–Crippen MR) is 125 cm³/mol. The zero-order chi connectivity index (χ0) is 22.3. The van der Waals surface area contributed by atoms with Crippen LogP contribution in [0.3, 0.4) is 0 Å². The van der Waals surface area contributed by atoms with Gasteiger partial charge in [0.1, 0.15) is 18.9 Å². The van der Waals surface area contributed by atoms with Crippen molar-refractivity contribution in [1.82, 2.24) is 5.32 Å². The van der Waals surface area contributed by atoms with E-state index in [1.54, 1.807) is 48.5 Å². The molecule has 0 aliphatic rings. The standard InChI is InChI=1S/C23H23BrN2O4S/c1-18-7-13-22(14-8-18)31(28,29)26(20-11-9-19(24)10-12-20)17-23(27)25-15-16-30-21-5-3-2-4-6-21/h2-14H,15-17H2,1H3,(H,25,27). The molecule has 0 aliphatic heterocycles. The molecule has 162 valence electrons. The van der Waals surface area contributed by atoms with Gasteiger partial charge in [-0.25, -0.2) is 8.42 Å². The first-order valence-electron chi connectivity index (χ1n) is 9.66. The molecule has 0 fully saturated rings. The van der Waals surface area contributed by atoms with E-state index in [4.69, 9.17) is 4.74 Å². The van der Waals surface area contributed by atoms with Gasteiger partial charge in [0.2, 0.25) is 5.91 Å². The van der Waals surface area contributed by atoms with Crippen LogP contribution in [0.2, 0.25) is 0 Å². The molecule has 1 amide bonds. The smallest absolute Gasteiger partial charge is 0.264 e. The van der Waals surface area contributed by atoms with E-state index in [0.29, 0.717) is 11.4 Å². The third-order valence-electron chi connectivity index (χ3n) is 4.45. The van der Waals surface area contributed by atoms with Crippen LogP contribution < -0.4 is 14.4 Å². The molecule has 0 unspecified atom stereocenters. The number of halogens is 1. The molecule has 0 heterocycles. The normalized spacial score (nSPS) is 11.0. The van der Waals surface area contributed by atoms with Crippen molar-refractivity contribution < 1.29 is 17.9 Å². The number of carbonyl (C=O) groups excluding carboxylic acids is 1. The summed E-state index contributed by atoms with van der Waals surface area (Å²) in [5.74, 6) is 0.283. The van der Waals surface area contributed by atoms with Crippen LogP contribution in [0.25, 0.3) is 0 Å². The summed E-state index contributed by atoms with van der Waals surface area (Å²) in [6.07, 6.45) is 0. The lowest BCUT2D eigenvalue weighted by Gasteiger charge is -2.24. The summed E-state index contributed by atoms with van der Waals surface area (Å²) in [6, 6.07) is 22.6. The van der Waals surface area contributed by atoms with Gasteiger partial charge in [-0.15, -0.1) is 0 Å². The van der Waals surface area contributed by atoms with Crippen LogP contribution in [0.4, 0.5) is 5.69 Å². The predicted octanol–water partition coefficient (Wildman–Crippen LogP) is 4.15. The molecule has 1 N–H and O–H groups in total. The molecular formula is C23H23BrN2O4S. The topological polar surface area (TPSA) is 75.7 Å².